The fraction of sp³-hybridized carbons (Fsp3) is 0.0714. The lowest BCUT2D eigenvalue weighted by Crippen LogP contribution is -1.90. The van der Waals surface area contributed by atoms with E-state index in [0.29, 0.717) is 0 Å². The number of methoxy groups -OCH3 is 1. The highest BCUT2D eigenvalue weighted by Gasteiger charge is 1.92. The third-order valence-electron chi connectivity index (χ3n) is 2.37. The molecule has 0 atom stereocenters. The number of hydrazone groups is 1. The van der Waals surface area contributed by atoms with Crippen molar-refractivity contribution in [3.63, 3.8) is 0 Å². The molecule has 0 unspecified atom stereocenters. The highest BCUT2D eigenvalue weighted by Crippen LogP contribution is 2.14. The van der Waals surface area contributed by atoms with Crippen molar-refractivity contribution >= 4 is 23.5 Å². The monoisotopic (exact) mass is 260 g/mol. The summed E-state index contributed by atoms with van der Waals surface area (Å²) >= 11 is 5.80. The fourth-order valence-electron chi connectivity index (χ4n) is 1.40. The molecule has 0 bridgehead atoms. The highest BCUT2D eigenvalue weighted by molar-refractivity contribution is 6.30. The third kappa shape index (κ3) is 3.50. The lowest BCUT2D eigenvalue weighted by molar-refractivity contribution is 0.415. The normalized spacial score (nSPS) is 10.6. The molecule has 0 heterocycles. The molecule has 0 fully saturated rings. The van der Waals surface area contributed by atoms with Gasteiger partial charge in [-0.3, -0.25) is 5.43 Å². The first-order chi connectivity index (χ1) is 8.78. The number of nitrogens with one attached hydrogen (secondary N) is 1. The van der Waals surface area contributed by atoms with E-state index in [9.17, 15) is 0 Å². The van der Waals surface area contributed by atoms with E-state index in [2.05, 4.69) is 10.5 Å². The second-order valence-corrected chi connectivity index (χ2v) is 4.09. The number of hydrogen-bond acceptors (Lipinski definition) is 3. The highest BCUT2D eigenvalue weighted by atomic mass is 35.5. The standard InChI is InChI=1S/C14H13ClN2O/c1-18-14-8-6-13(7-9-14)17-16-10-11-2-4-12(15)5-3-11/h2-10,17H,1H3/b16-10+. The Kier molecular flexibility index (Phi) is 4.20. The predicted molar refractivity (Wildman–Crippen MR) is 75.7 cm³/mol. The number of anilines is 1. The van der Waals surface area contributed by atoms with E-state index in [1.807, 2.05) is 48.5 Å². The lowest BCUT2D eigenvalue weighted by atomic mass is 10.2. The van der Waals surface area contributed by atoms with Crippen molar-refractivity contribution in [1.29, 1.82) is 0 Å². The zero-order chi connectivity index (χ0) is 12.8. The molecule has 2 aromatic carbocycles. The van der Waals surface area contributed by atoms with Crippen LogP contribution in [0.2, 0.25) is 5.02 Å². The van der Waals surface area contributed by atoms with Gasteiger partial charge in [-0.1, -0.05) is 23.7 Å². The average molecular weight is 261 g/mol. The largest absolute Gasteiger partial charge is 0.497 e. The molecule has 1 N–H and O–H groups in total. The molecule has 2 rings (SSSR count). The van der Waals surface area contributed by atoms with E-state index in [4.69, 9.17) is 16.3 Å². The minimum atomic E-state index is 0.718. The van der Waals surface area contributed by atoms with Crippen LogP contribution in [0.3, 0.4) is 0 Å². The van der Waals surface area contributed by atoms with Crippen molar-refractivity contribution in [3.05, 3.63) is 59.1 Å². The molecular weight excluding hydrogens is 248 g/mol. The van der Waals surface area contributed by atoms with Gasteiger partial charge < -0.3 is 4.74 Å². The van der Waals surface area contributed by atoms with Crippen molar-refractivity contribution in [3.8, 4) is 5.75 Å². The number of benzene rings is 2. The number of halogens is 1. The second kappa shape index (κ2) is 6.07. The van der Waals surface area contributed by atoms with Gasteiger partial charge in [0, 0.05) is 5.02 Å². The van der Waals surface area contributed by atoms with Crippen molar-refractivity contribution < 1.29 is 4.74 Å². The Morgan fingerprint density at radius 1 is 1.06 bits per heavy atom. The van der Waals surface area contributed by atoms with Gasteiger partial charge in [0.15, 0.2) is 0 Å². The molecule has 0 saturated heterocycles. The summed E-state index contributed by atoms with van der Waals surface area (Å²) in [5.41, 5.74) is 4.83. The van der Waals surface area contributed by atoms with Crippen LogP contribution in [0.5, 0.6) is 5.75 Å². The molecule has 92 valence electrons. The molecular formula is C14H13ClN2O. The van der Waals surface area contributed by atoms with Crippen LogP contribution in [0.25, 0.3) is 0 Å². The maximum Gasteiger partial charge on any atom is 0.119 e. The topological polar surface area (TPSA) is 33.6 Å². The summed E-state index contributed by atoms with van der Waals surface area (Å²) in [6.45, 7) is 0. The molecule has 18 heavy (non-hydrogen) atoms. The molecule has 0 aliphatic heterocycles. The minimum Gasteiger partial charge on any atom is -0.497 e. The molecule has 4 heteroatoms. The Balaban J connectivity index is 1.95. The van der Waals surface area contributed by atoms with Crippen molar-refractivity contribution in [2.75, 3.05) is 12.5 Å². The summed E-state index contributed by atoms with van der Waals surface area (Å²) < 4.78 is 5.08. The summed E-state index contributed by atoms with van der Waals surface area (Å²) in [4.78, 5) is 0. The molecule has 0 aliphatic carbocycles. The molecule has 0 amide bonds. The van der Waals surface area contributed by atoms with Crippen LogP contribution >= 0.6 is 11.6 Å². The van der Waals surface area contributed by atoms with Crippen LogP contribution in [0.4, 0.5) is 5.69 Å². The molecule has 0 spiro atoms. The van der Waals surface area contributed by atoms with Gasteiger partial charge in [-0.15, -0.1) is 0 Å². The van der Waals surface area contributed by atoms with E-state index >= 15 is 0 Å². The van der Waals surface area contributed by atoms with Gasteiger partial charge in [-0.2, -0.15) is 5.10 Å². The van der Waals surface area contributed by atoms with Gasteiger partial charge in [0.1, 0.15) is 5.75 Å². The van der Waals surface area contributed by atoms with Gasteiger partial charge in [0.25, 0.3) is 0 Å². The lowest BCUT2D eigenvalue weighted by Gasteiger charge is -2.02. The minimum absolute atomic E-state index is 0.718. The first kappa shape index (κ1) is 12.5. The summed E-state index contributed by atoms with van der Waals surface area (Å²) in [5, 5.41) is 4.86. The van der Waals surface area contributed by atoms with E-state index in [1.54, 1.807) is 13.3 Å². The summed E-state index contributed by atoms with van der Waals surface area (Å²) in [7, 11) is 1.64. The molecule has 0 radical (unpaired) electrons. The third-order valence-corrected chi connectivity index (χ3v) is 2.62. The number of rotatable bonds is 4. The summed E-state index contributed by atoms with van der Waals surface area (Å²) in [6, 6.07) is 15.0. The number of ether oxygens (including phenoxy) is 1. The second-order valence-electron chi connectivity index (χ2n) is 3.65. The van der Waals surface area contributed by atoms with E-state index < -0.39 is 0 Å². The van der Waals surface area contributed by atoms with Crippen LogP contribution in [0.15, 0.2) is 53.6 Å². The Labute approximate surface area is 111 Å². The van der Waals surface area contributed by atoms with Crippen LogP contribution in [0.1, 0.15) is 5.56 Å². The Bertz CT molecular complexity index is 520. The number of nitrogens with zero attached hydrogens (tertiary/aromatic N) is 1. The zero-order valence-corrected chi connectivity index (χ0v) is 10.7. The zero-order valence-electron chi connectivity index (χ0n) is 9.93. The molecule has 0 aliphatic rings. The average Bonchev–Trinajstić information content (AvgIpc) is 2.42. The summed E-state index contributed by atoms with van der Waals surface area (Å²) in [5.74, 6) is 0.822. The Morgan fingerprint density at radius 3 is 2.33 bits per heavy atom. The van der Waals surface area contributed by atoms with Gasteiger partial charge in [0.2, 0.25) is 0 Å². The van der Waals surface area contributed by atoms with Crippen molar-refractivity contribution in [2.24, 2.45) is 5.10 Å². The van der Waals surface area contributed by atoms with Gasteiger partial charge in [-0.05, 0) is 42.0 Å². The van der Waals surface area contributed by atoms with Gasteiger partial charge in [-0.25, -0.2) is 0 Å². The first-order valence-corrected chi connectivity index (χ1v) is 5.84. The number of hydrogen-bond donors (Lipinski definition) is 1. The quantitative estimate of drug-likeness (QED) is 0.670. The van der Waals surface area contributed by atoms with Crippen molar-refractivity contribution in [2.45, 2.75) is 0 Å². The van der Waals surface area contributed by atoms with E-state index in [0.717, 1.165) is 22.0 Å². The predicted octanol–water partition coefficient (Wildman–Crippen LogP) is 3.79. The Hall–Kier alpha value is -2.00. The van der Waals surface area contributed by atoms with Crippen LogP contribution < -0.4 is 10.2 Å². The maximum absolute atomic E-state index is 5.80. The van der Waals surface area contributed by atoms with Crippen LogP contribution in [0, 0.1) is 0 Å². The van der Waals surface area contributed by atoms with Gasteiger partial charge >= 0.3 is 0 Å². The van der Waals surface area contributed by atoms with Gasteiger partial charge in [0.05, 0.1) is 19.0 Å². The van der Waals surface area contributed by atoms with Crippen LogP contribution in [-0.2, 0) is 0 Å². The van der Waals surface area contributed by atoms with Crippen LogP contribution in [-0.4, -0.2) is 13.3 Å². The molecule has 2 aromatic rings. The summed E-state index contributed by atoms with van der Waals surface area (Å²) in [6.07, 6.45) is 1.74. The maximum atomic E-state index is 5.80. The first-order valence-electron chi connectivity index (χ1n) is 5.46. The smallest absolute Gasteiger partial charge is 0.119 e. The Morgan fingerprint density at radius 2 is 1.72 bits per heavy atom. The van der Waals surface area contributed by atoms with E-state index in [-0.39, 0.29) is 0 Å². The molecule has 3 nitrogen and oxygen atoms in total. The molecule has 0 aromatic heterocycles. The van der Waals surface area contributed by atoms with Crippen molar-refractivity contribution in [1.82, 2.24) is 0 Å². The SMILES string of the molecule is COc1ccc(N/N=C/c2ccc(Cl)cc2)cc1. The molecule has 0 saturated carbocycles. The van der Waals surface area contributed by atoms with E-state index in [1.165, 1.54) is 0 Å². The fourth-order valence-corrected chi connectivity index (χ4v) is 1.52.